The van der Waals surface area contributed by atoms with Gasteiger partial charge in [-0.25, -0.2) is 0 Å². The van der Waals surface area contributed by atoms with Gasteiger partial charge >= 0.3 is 0 Å². The van der Waals surface area contributed by atoms with E-state index in [1.54, 1.807) is 0 Å². The smallest absolute Gasteiger partial charge is 0.0486 e. The van der Waals surface area contributed by atoms with Crippen LogP contribution in [0.15, 0.2) is 24.4 Å². The summed E-state index contributed by atoms with van der Waals surface area (Å²) in [5, 5.41) is 2.06. The van der Waals surface area contributed by atoms with E-state index in [1.807, 2.05) is 12.1 Å². The van der Waals surface area contributed by atoms with Gasteiger partial charge in [-0.05, 0) is 44.5 Å². The number of rotatable bonds is 1. The highest BCUT2D eigenvalue weighted by atomic mass is 35.5. The SMILES string of the molecule is Cc1cn(C(C)C)c2ccc(Cl)cc12. The minimum Gasteiger partial charge on any atom is -0.345 e. The highest BCUT2D eigenvalue weighted by Gasteiger charge is 2.07. The third kappa shape index (κ3) is 1.42. The lowest BCUT2D eigenvalue weighted by Gasteiger charge is -2.08. The summed E-state index contributed by atoms with van der Waals surface area (Å²) in [6, 6.07) is 6.56. The fourth-order valence-corrected chi connectivity index (χ4v) is 2.00. The molecule has 0 unspecified atom stereocenters. The van der Waals surface area contributed by atoms with Crippen molar-refractivity contribution in [3.8, 4) is 0 Å². The zero-order valence-electron chi connectivity index (χ0n) is 8.71. The second-order valence-electron chi connectivity index (χ2n) is 3.97. The topological polar surface area (TPSA) is 4.93 Å². The number of hydrogen-bond donors (Lipinski definition) is 0. The van der Waals surface area contributed by atoms with E-state index < -0.39 is 0 Å². The molecular formula is C12H14ClN. The summed E-state index contributed by atoms with van der Waals surface area (Å²) in [5.41, 5.74) is 2.55. The number of benzene rings is 1. The second-order valence-corrected chi connectivity index (χ2v) is 4.41. The molecule has 0 aliphatic heterocycles. The van der Waals surface area contributed by atoms with Crippen molar-refractivity contribution in [3.05, 3.63) is 35.0 Å². The minimum absolute atomic E-state index is 0.493. The molecule has 1 nitrogen and oxygen atoms in total. The maximum atomic E-state index is 5.97. The van der Waals surface area contributed by atoms with Gasteiger partial charge in [-0.1, -0.05) is 11.6 Å². The van der Waals surface area contributed by atoms with E-state index in [4.69, 9.17) is 11.6 Å². The summed E-state index contributed by atoms with van der Waals surface area (Å²) in [4.78, 5) is 0. The molecule has 1 aromatic heterocycles. The molecule has 0 N–H and O–H groups in total. The van der Waals surface area contributed by atoms with Gasteiger partial charge in [0.1, 0.15) is 0 Å². The second kappa shape index (κ2) is 3.32. The molecule has 2 aromatic rings. The van der Waals surface area contributed by atoms with Crippen molar-refractivity contribution < 1.29 is 0 Å². The van der Waals surface area contributed by atoms with Crippen LogP contribution in [-0.4, -0.2) is 4.57 Å². The highest BCUT2D eigenvalue weighted by Crippen LogP contribution is 2.26. The Bertz CT molecular complexity index is 468. The Morgan fingerprint density at radius 1 is 1.29 bits per heavy atom. The Hall–Kier alpha value is -0.950. The van der Waals surface area contributed by atoms with Gasteiger partial charge in [0.05, 0.1) is 0 Å². The third-order valence-corrected chi connectivity index (χ3v) is 2.79. The Kier molecular flexibility index (Phi) is 2.28. The third-order valence-electron chi connectivity index (χ3n) is 2.55. The van der Waals surface area contributed by atoms with Gasteiger partial charge in [-0.2, -0.15) is 0 Å². The molecule has 14 heavy (non-hydrogen) atoms. The Balaban J connectivity index is 2.77. The Labute approximate surface area is 89.3 Å². The average molecular weight is 208 g/mol. The summed E-state index contributed by atoms with van der Waals surface area (Å²) in [7, 11) is 0. The molecule has 0 fully saturated rings. The molecule has 0 saturated heterocycles. The maximum Gasteiger partial charge on any atom is 0.0486 e. The zero-order valence-corrected chi connectivity index (χ0v) is 9.47. The largest absolute Gasteiger partial charge is 0.345 e. The number of nitrogens with zero attached hydrogens (tertiary/aromatic N) is 1. The van der Waals surface area contributed by atoms with Gasteiger partial charge in [0.15, 0.2) is 0 Å². The molecule has 1 heterocycles. The lowest BCUT2D eigenvalue weighted by molar-refractivity contribution is 0.622. The van der Waals surface area contributed by atoms with E-state index in [0.29, 0.717) is 6.04 Å². The summed E-state index contributed by atoms with van der Waals surface area (Å²) in [6.07, 6.45) is 2.19. The molecule has 0 bridgehead atoms. The maximum absolute atomic E-state index is 5.97. The molecule has 0 radical (unpaired) electrons. The van der Waals surface area contributed by atoms with E-state index in [9.17, 15) is 0 Å². The molecule has 1 aromatic carbocycles. The van der Waals surface area contributed by atoms with Crippen molar-refractivity contribution in [2.75, 3.05) is 0 Å². The van der Waals surface area contributed by atoms with Gasteiger partial charge < -0.3 is 4.57 Å². The molecular weight excluding hydrogens is 194 g/mol. The molecule has 0 atom stereocenters. The van der Waals surface area contributed by atoms with Crippen molar-refractivity contribution >= 4 is 22.5 Å². The first kappa shape index (κ1) is 9.60. The van der Waals surface area contributed by atoms with E-state index in [1.165, 1.54) is 16.5 Å². The van der Waals surface area contributed by atoms with Gasteiger partial charge in [-0.15, -0.1) is 0 Å². The fourth-order valence-electron chi connectivity index (χ4n) is 1.82. The van der Waals surface area contributed by atoms with E-state index in [-0.39, 0.29) is 0 Å². The summed E-state index contributed by atoms with van der Waals surface area (Å²) >= 11 is 5.97. The number of fused-ring (bicyclic) bond motifs is 1. The van der Waals surface area contributed by atoms with Crippen LogP contribution in [0.3, 0.4) is 0 Å². The first-order chi connectivity index (χ1) is 6.59. The highest BCUT2D eigenvalue weighted by molar-refractivity contribution is 6.31. The summed E-state index contributed by atoms with van der Waals surface area (Å²) < 4.78 is 2.28. The minimum atomic E-state index is 0.493. The molecule has 0 saturated carbocycles. The molecule has 0 amide bonds. The Morgan fingerprint density at radius 2 is 2.00 bits per heavy atom. The van der Waals surface area contributed by atoms with Gasteiger partial charge in [0.2, 0.25) is 0 Å². The quantitative estimate of drug-likeness (QED) is 0.661. The van der Waals surface area contributed by atoms with Gasteiger partial charge in [0, 0.05) is 28.2 Å². The van der Waals surface area contributed by atoms with Gasteiger partial charge in [0.25, 0.3) is 0 Å². The fraction of sp³-hybridized carbons (Fsp3) is 0.333. The first-order valence-corrected chi connectivity index (χ1v) is 5.24. The molecule has 2 rings (SSSR count). The predicted molar refractivity (Wildman–Crippen MR) is 62.1 cm³/mol. The predicted octanol–water partition coefficient (Wildman–Crippen LogP) is 4.18. The van der Waals surface area contributed by atoms with Crippen LogP contribution in [0.2, 0.25) is 5.02 Å². The van der Waals surface area contributed by atoms with Crippen molar-refractivity contribution in [2.45, 2.75) is 26.8 Å². The van der Waals surface area contributed by atoms with Crippen molar-refractivity contribution in [2.24, 2.45) is 0 Å². The van der Waals surface area contributed by atoms with Gasteiger partial charge in [-0.3, -0.25) is 0 Å². The normalized spacial score (nSPS) is 11.5. The van der Waals surface area contributed by atoms with Crippen LogP contribution in [0.4, 0.5) is 0 Å². The zero-order chi connectivity index (χ0) is 10.3. The van der Waals surface area contributed by atoms with Crippen LogP contribution < -0.4 is 0 Å². The van der Waals surface area contributed by atoms with Crippen molar-refractivity contribution in [1.82, 2.24) is 4.57 Å². The molecule has 2 heteroatoms. The number of halogens is 1. The number of aryl methyl sites for hydroxylation is 1. The molecule has 74 valence electrons. The average Bonchev–Trinajstić information content (AvgIpc) is 2.44. The number of aromatic nitrogens is 1. The van der Waals surface area contributed by atoms with Crippen LogP contribution in [0.1, 0.15) is 25.5 Å². The van der Waals surface area contributed by atoms with Crippen LogP contribution in [0, 0.1) is 6.92 Å². The van der Waals surface area contributed by atoms with Crippen molar-refractivity contribution in [3.63, 3.8) is 0 Å². The van der Waals surface area contributed by atoms with Crippen LogP contribution in [0.25, 0.3) is 10.9 Å². The van der Waals surface area contributed by atoms with Crippen LogP contribution in [0.5, 0.6) is 0 Å². The first-order valence-electron chi connectivity index (χ1n) is 4.86. The van der Waals surface area contributed by atoms with Crippen LogP contribution in [-0.2, 0) is 0 Å². The van der Waals surface area contributed by atoms with E-state index in [0.717, 1.165) is 5.02 Å². The molecule has 0 aliphatic carbocycles. The van der Waals surface area contributed by atoms with E-state index in [2.05, 4.69) is 37.6 Å². The summed E-state index contributed by atoms with van der Waals surface area (Å²) in [5.74, 6) is 0. The molecule has 0 aliphatic rings. The molecule has 0 spiro atoms. The Morgan fingerprint density at radius 3 is 2.64 bits per heavy atom. The monoisotopic (exact) mass is 207 g/mol. The van der Waals surface area contributed by atoms with Crippen LogP contribution >= 0.6 is 11.6 Å². The summed E-state index contributed by atoms with van der Waals surface area (Å²) in [6.45, 7) is 6.50. The number of hydrogen-bond acceptors (Lipinski definition) is 0. The van der Waals surface area contributed by atoms with E-state index >= 15 is 0 Å². The lowest BCUT2D eigenvalue weighted by atomic mass is 10.2. The van der Waals surface area contributed by atoms with Crippen molar-refractivity contribution in [1.29, 1.82) is 0 Å². The standard InChI is InChI=1S/C12H14ClN/c1-8(2)14-7-9(3)11-6-10(13)4-5-12(11)14/h4-8H,1-3H3. The lowest BCUT2D eigenvalue weighted by Crippen LogP contribution is -1.97.